The van der Waals surface area contributed by atoms with Crippen molar-refractivity contribution in [2.24, 2.45) is 0 Å². The van der Waals surface area contributed by atoms with E-state index < -0.39 is 0 Å². The molecule has 19 rings (SSSR count). The van der Waals surface area contributed by atoms with Gasteiger partial charge in [-0.15, -0.1) is 0 Å². The molecule has 19 aromatic rings. The molecule has 14 heteroatoms. The van der Waals surface area contributed by atoms with Crippen LogP contribution in [0.15, 0.2) is 291 Å². The van der Waals surface area contributed by atoms with E-state index in [1.54, 1.807) is 12.4 Å². The Morgan fingerprint density at radius 2 is 0.464 bits per heavy atom. The van der Waals surface area contributed by atoms with Gasteiger partial charge in [-0.25, -0.2) is 44.9 Å². The number of benzene rings is 11. The summed E-state index contributed by atoms with van der Waals surface area (Å²) in [6.45, 7) is 5.68. The van der Waals surface area contributed by atoms with Crippen molar-refractivity contribution in [1.82, 2.24) is 49.8 Å². The van der Waals surface area contributed by atoms with E-state index >= 15 is 0 Å². The predicted octanol–water partition coefficient (Wildman–Crippen LogP) is 20.9. The highest BCUT2D eigenvalue weighted by molar-refractivity contribution is 6.09. The van der Waals surface area contributed by atoms with Crippen molar-refractivity contribution in [3.05, 3.63) is 291 Å². The normalized spacial score (nSPS) is 11.5. The smallest absolute Gasteiger partial charge is 0.165 e. The topological polar surface area (TPSA) is 181 Å². The van der Waals surface area contributed by atoms with Crippen molar-refractivity contribution in [3.8, 4) is 90.6 Å². The first-order valence-corrected chi connectivity index (χ1v) is 31.7. The standard InChI is InChI=1S/C34H23N3O.C28H17N3O2.C21H14N4O/c1-22-35-33(25-16-17-32-30(21-25)29-14-8-9-15-31(29)38-32)37-34(36-22)28-19-26(23-10-4-2-5-11-23)18-27(20-28)24-12-6-3-7-13-24;1-16-29-27(17-10-12-25-21(14-17)19-6-2-4-8-23(19)32-25)31-28(30-16)18-11-13-26-22(15-18)20-7-3-5-9-24(20)33-26;1-13-23-20(25-21(24-13)15-5-4-10-22-12-15)14-8-9-19-17(11-14)16-6-2-3-7-18(16)26-19/h2-21H,1H3;2-15H,1H3;2-12H,1H3. The zero-order chi connectivity index (χ0) is 64.9. The van der Waals surface area contributed by atoms with Gasteiger partial charge in [0, 0.05) is 88.9 Å². The van der Waals surface area contributed by atoms with Gasteiger partial charge in [0.15, 0.2) is 34.9 Å². The van der Waals surface area contributed by atoms with Crippen LogP contribution in [0.1, 0.15) is 17.5 Å². The Bertz CT molecular complexity index is 6010. The largest absolute Gasteiger partial charge is 0.456 e. The van der Waals surface area contributed by atoms with Crippen molar-refractivity contribution in [2.75, 3.05) is 0 Å². The Morgan fingerprint density at radius 1 is 0.196 bits per heavy atom. The predicted molar refractivity (Wildman–Crippen MR) is 384 cm³/mol. The first kappa shape index (κ1) is 57.7. The van der Waals surface area contributed by atoms with Gasteiger partial charge in [0.05, 0.1) is 0 Å². The molecular weight excluding hydrogens is 1200 g/mol. The highest BCUT2D eigenvalue weighted by Crippen LogP contribution is 2.38. The number of nitrogens with zero attached hydrogens (tertiary/aromatic N) is 10. The lowest BCUT2D eigenvalue weighted by Crippen LogP contribution is -2.00. The van der Waals surface area contributed by atoms with Crippen LogP contribution in [0.5, 0.6) is 0 Å². The fraction of sp³-hybridized carbons (Fsp3) is 0.0361. The van der Waals surface area contributed by atoms with Crippen LogP contribution in [0.3, 0.4) is 0 Å². The molecule has 8 heterocycles. The van der Waals surface area contributed by atoms with E-state index in [1.807, 2.05) is 166 Å². The third kappa shape index (κ3) is 11.3. The molecule has 0 aliphatic heterocycles. The minimum absolute atomic E-state index is 0.623. The molecule has 0 aliphatic rings. The molecule has 0 saturated heterocycles. The molecule has 0 unspecified atom stereocenters. The van der Waals surface area contributed by atoms with E-state index in [0.717, 1.165) is 143 Å². The molecular formula is C83H54N10O4. The van der Waals surface area contributed by atoms with Gasteiger partial charge >= 0.3 is 0 Å². The number of aromatic nitrogens is 10. The molecule has 0 N–H and O–H groups in total. The highest BCUT2D eigenvalue weighted by atomic mass is 16.3. The molecule has 0 spiro atoms. The van der Waals surface area contributed by atoms with Crippen LogP contribution in [0.2, 0.25) is 0 Å². The number of pyridine rings is 1. The number of hydrogen-bond donors (Lipinski definition) is 0. The summed E-state index contributed by atoms with van der Waals surface area (Å²) in [5.74, 6) is 5.86. The maximum absolute atomic E-state index is 6.02. The van der Waals surface area contributed by atoms with E-state index in [2.05, 4.69) is 145 Å². The molecule has 0 saturated carbocycles. The van der Waals surface area contributed by atoms with Gasteiger partial charge in [-0.2, -0.15) is 0 Å². The molecule has 11 aromatic carbocycles. The second-order valence-corrected chi connectivity index (χ2v) is 23.6. The molecule has 14 nitrogen and oxygen atoms in total. The third-order valence-corrected chi connectivity index (χ3v) is 17.1. The zero-order valence-electron chi connectivity index (χ0n) is 52.6. The van der Waals surface area contributed by atoms with Crippen molar-refractivity contribution in [2.45, 2.75) is 20.8 Å². The van der Waals surface area contributed by atoms with Crippen molar-refractivity contribution in [1.29, 1.82) is 0 Å². The van der Waals surface area contributed by atoms with E-state index in [-0.39, 0.29) is 0 Å². The van der Waals surface area contributed by atoms with Crippen LogP contribution < -0.4 is 0 Å². The fourth-order valence-electron chi connectivity index (χ4n) is 12.5. The number of aryl methyl sites for hydroxylation is 3. The minimum Gasteiger partial charge on any atom is -0.456 e. The highest BCUT2D eigenvalue weighted by Gasteiger charge is 2.19. The summed E-state index contributed by atoms with van der Waals surface area (Å²) in [7, 11) is 0. The molecule has 0 fully saturated rings. The zero-order valence-corrected chi connectivity index (χ0v) is 52.6. The minimum atomic E-state index is 0.623. The lowest BCUT2D eigenvalue weighted by atomic mass is 9.96. The maximum atomic E-state index is 6.02. The van der Waals surface area contributed by atoms with Crippen molar-refractivity contribution in [3.63, 3.8) is 0 Å². The van der Waals surface area contributed by atoms with Crippen molar-refractivity contribution < 1.29 is 17.7 Å². The number of para-hydroxylation sites is 4. The third-order valence-electron chi connectivity index (χ3n) is 17.1. The summed E-state index contributed by atoms with van der Waals surface area (Å²) in [6.07, 6.45) is 3.49. The van der Waals surface area contributed by atoms with E-state index in [0.29, 0.717) is 52.4 Å². The molecule has 0 radical (unpaired) electrons. The maximum Gasteiger partial charge on any atom is 0.165 e. The van der Waals surface area contributed by atoms with E-state index in [1.165, 1.54) is 0 Å². The van der Waals surface area contributed by atoms with Gasteiger partial charge in [-0.05, 0) is 170 Å². The Balaban J connectivity index is 0.000000112. The van der Waals surface area contributed by atoms with Crippen LogP contribution >= 0.6 is 0 Å². The fourth-order valence-corrected chi connectivity index (χ4v) is 12.5. The molecule has 0 aliphatic carbocycles. The van der Waals surface area contributed by atoms with Gasteiger partial charge < -0.3 is 17.7 Å². The van der Waals surface area contributed by atoms with Gasteiger partial charge in [-0.1, -0.05) is 133 Å². The molecule has 460 valence electrons. The van der Waals surface area contributed by atoms with Gasteiger partial charge in [0.2, 0.25) is 0 Å². The summed E-state index contributed by atoms with van der Waals surface area (Å²) in [6, 6.07) is 87.6. The lowest BCUT2D eigenvalue weighted by molar-refractivity contribution is 0.668. The van der Waals surface area contributed by atoms with E-state index in [9.17, 15) is 0 Å². The first-order chi connectivity index (χ1) is 47.7. The molecule has 0 amide bonds. The van der Waals surface area contributed by atoms with Crippen LogP contribution in [0, 0.1) is 20.8 Å². The Morgan fingerprint density at radius 3 is 0.784 bits per heavy atom. The molecule has 97 heavy (non-hydrogen) atoms. The summed E-state index contributed by atoms with van der Waals surface area (Å²) in [5.41, 5.74) is 17.0. The average molecular weight is 1260 g/mol. The molecule has 0 atom stereocenters. The van der Waals surface area contributed by atoms with Gasteiger partial charge in [-0.3, -0.25) is 4.98 Å². The SMILES string of the molecule is Cc1nc(-c2cc(-c3ccccc3)cc(-c3ccccc3)c2)nc(-c2ccc3oc4ccccc4c3c2)n1.Cc1nc(-c2ccc3oc4ccccc4c3c2)nc(-c2ccc3oc4ccccc4c3c2)n1.Cc1nc(-c2cccnc2)nc(-c2ccc3oc4ccccc4c3c2)n1. The monoisotopic (exact) mass is 1250 g/mol. The first-order valence-electron chi connectivity index (χ1n) is 31.7. The lowest BCUT2D eigenvalue weighted by Gasteiger charge is -2.11. The van der Waals surface area contributed by atoms with Crippen LogP contribution in [0.4, 0.5) is 0 Å². The number of rotatable bonds is 8. The van der Waals surface area contributed by atoms with Gasteiger partial charge in [0.1, 0.15) is 62.1 Å². The quantitative estimate of drug-likeness (QED) is 0.140. The second kappa shape index (κ2) is 24.4. The number of fused-ring (bicyclic) bond motifs is 12. The average Bonchev–Trinajstić information content (AvgIpc) is 1.73. The molecule has 0 bridgehead atoms. The second-order valence-electron chi connectivity index (χ2n) is 23.6. The van der Waals surface area contributed by atoms with Crippen LogP contribution in [0.25, 0.3) is 178 Å². The van der Waals surface area contributed by atoms with Crippen LogP contribution in [-0.2, 0) is 0 Å². The Hall–Kier alpha value is -13.2. The van der Waals surface area contributed by atoms with Crippen molar-refractivity contribution >= 4 is 87.8 Å². The number of hydrogen-bond acceptors (Lipinski definition) is 14. The Labute approximate surface area is 554 Å². The van der Waals surface area contributed by atoms with E-state index in [4.69, 9.17) is 37.6 Å². The molecule has 8 aromatic heterocycles. The Kier molecular flexibility index (Phi) is 14.5. The van der Waals surface area contributed by atoms with Crippen LogP contribution in [-0.4, -0.2) is 49.8 Å². The summed E-state index contributed by atoms with van der Waals surface area (Å²) >= 11 is 0. The summed E-state index contributed by atoms with van der Waals surface area (Å²) < 4.78 is 23.8. The number of furan rings is 4. The van der Waals surface area contributed by atoms with Gasteiger partial charge in [0.25, 0.3) is 0 Å². The summed E-state index contributed by atoms with van der Waals surface area (Å²) in [5, 5.41) is 8.54. The summed E-state index contributed by atoms with van der Waals surface area (Å²) in [4.78, 5) is 46.3.